The Labute approximate surface area is 123 Å². The Bertz CT molecular complexity index is 620. The lowest BCUT2D eigenvalue weighted by atomic mass is 10.1. The van der Waals surface area contributed by atoms with Crippen molar-refractivity contribution in [2.45, 2.75) is 19.6 Å². The van der Waals surface area contributed by atoms with Crippen molar-refractivity contribution in [1.29, 1.82) is 0 Å². The Hall–Kier alpha value is -2.33. The summed E-state index contributed by atoms with van der Waals surface area (Å²) in [5.41, 5.74) is 2.17. The van der Waals surface area contributed by atoms with Crippen LogP contribution in [-0.4, -0.2) is 18.2 Å². The molecule has 0 amide bonds. The second kappa shape index (κ2) is 6.90. The van der Waals surface area contributed by atoms with Crippen molar-refractivity contribution in [3.63, 3.8) is 0 Å². The minimum atomic E-state index is -0.531. The Morgan fingerprint density at radius 1 is 1.19 bits per heavy atom. The molecular formula is C17H18O4. The molecule has 2 aromatic rings. The minimum Gasteiger partial charge on any atom is -0.489 e. The molecule has 4 heteroatoms. The Kier molecular flexibility index (Phi) is 4.95. The average Bonchev–Trinajstić information content (AvgIpc) is 2.52. The third-order valence-electron chi connectivity index (χ3n) is 3.09. The van der Waals surface area contributed by atoms with Gasteiger partial charge in [0.05, 0.1) is 18.8 Å². The molecule has 0 heterocycles. The monoisotopic (exact) mass is 286 g/mol. The lowest BCUT2D eigenvalue weighted by molar-refractivity contribution is 0.0600. The van der Waals surface area contributed by atoms with E-state index in [0.717, 1.165) is 11.1 Å². The van der Waals surface area contributed by atoms with Gasteiger partial charge < -0.3 is 14.6 Å². The van der Waals surface area contributed by atoms with Crippen molar-refractivity contribution in [3.8, 4) is 5.75 Å². The smallest absolute Gasteiger partial charge is 0.337 e. The number of rotatable bonds is 5. The van der Waals surface area contributed by atoms with Crippen LogP contribution in [0.1, 0.15) is 34.5 Å². The van der Waals surface area contributed by atoms with E-state index in [1.165, 1.54) is 7.11 Å². The van der Waals surface area contributed by atoms with E-state index in [-0.39, 0.29) is 5.97 Å². The molecule has 4 nitrogen and oxygen atoms in total. The number of aliphatic hydroxyl groups is 1. The fraction of sp³-hybridized carbons (Fsp3) is 0.235. The van der Waals surface area contributed by atoms with Gasteiger partial charge in [-0.25, -0.2) is 4.79 Å². The third kappa shape index (κ3) is 4.07. The van der Waals surface area contributed by atoms with E-state index in [0.29, 0.717) is 17.9 Å². The quantitative estimate of drug-likeness (QED) is 0.858. The van der Waals surface area contributed by atoms with Crippen molar-refractivity contribution < 1.29 is 19.4 Å². The maximum absolute atomic E-state index is 11.5. The summed E-state index contributed by atoms with van der Waals surface area (Å²) in [5.74, 6) is 0.310. The first-order chi connectivity index (χ1) is 10.1. The summed E-state index contributed by atoms with van der Waals surface area (Å²) in [7, 11) is 1.35. The summed E-state index contributed by atoms with van der Waals surface area (Å²) in [5, 5.41) is 9.55. The van der Waals surface area contributed by atoms with Crippen molar-refractivity contribution in [1.82, 2.24) is 0 Å². The highest BCUT2D eigenvalue weighted by molar-refractivity contribution is 5.89. The van der Waals surface area contributed by atoms with Crippen molar-refractivity contribution >= 4 is 5.97 Å². The maximum Gasteiger partial charge on any atom is 0.337 e. The number of carbonyl (C=O) groups excluding carboxylic acids is 1. The largest absolute Gasteiger partial charge is 0.489 e. The van der Waals surface area contributed by atoms with Gasteiger partial charge in [-0.1, -0.05) is 24.3 Å². The number of carbonyl (C=O) groups is 1. The highest BCUT2D eigenvalue weighted by Crippen LogP contribution is 2.20. The van der Waals surface area contributed by atoms with Gasteiger partial charge in [0.2, 0.25) is 0 Å². The topological polar surface area (TPSA) is 55.8 Å². The molecule has 0 saturated carbocycles. The van der Waals surface area contributed by atoms with E-state index >= 15 is 0 Å². The van der Waals surface area contributed by atoms with E-state index < -0.39 is 6.10 Å². The van der Waals surface area contributed by atoms with Crippen LogP contribution in [0.4, 0.5) is 0 Å². The molecule has 0 aliphatic carbocycles. The van der Waals surface area contributed by atoms with Gasteiger partial charge in [0.25, 0.3) is 0 Å². The van der Waals surface area contributed by atoms with Crippen LogP contribution < -0.4 is 4.74 Å². The number of hydrogen-bond donors (Lipinski definition) is 1. The van der Waals surface area contributed by atoms with E-state index in [1.807, 2.05) is 24.3 Å². The molecule has 0 aliphatic heterocycles. The minimum absolute atomic E-state index is 0.341. The lowest BCUT2D eigenvalue weighted by Crippen LogP contribution is -2.03. The second-order valence-corrected chi connectivity index (χ2v) is 4.73. The number of aliphatic hydroxyl groups excluding tert-OH is 1. The predicted molar refractivity (Wildman–Crippen MR) is 79.2 cm³/mol. The van der Waals surface area contributed by atoms with E-state index in [9.17, 15) is 9.90 Å². The summed E-state index contributed by atoms with van der Waals surface area (Å²) in [6.45, 7) is 2.05. The van der Waals surface area contributed by atoms with Gasteiger partial charge in [-0.3, -0.25) is 0 Å². The molecule has 0 fully saturated rings. The van der Waals surface area contributed by atoms with Crippen LogP contribution in [0.3, 0.4) is 0 Å². The van der Waals surface area contributed by atoms with Crippen LogP contribution in [0.5, 0.6) is 5.75 Å². The van der Waals surface area contributed by atoms with Crippen molar-refractivity contribution in [2.75, 3.05) is 7.11 Å². The van der Waals surface area contributed by atoms with Crippen LogP contribution in [-0.2, 0) is 11.3 Å². The number of benzene rings is 2. The molecule has 21 heavy (non-hydrogen) atoms. The van der Waals surface area contributed by atoms with Crippen LogP contribution >= 0.6 is 0 Å². The zero-order valence-corrected chi connectivity index (χ0v) is 12.1. The SMILES string of the molecule is COC(=O)c1cccc(COc2cccc(C(C)O)c2)c1. The van der Waals surface area contributed by atoms with Gasteiger partial charge in [-0.15, -0.1) is 0 Å². The van der Waals surface area contributed by atoms with Crippen molar-refractivity contribution in [3.05, 3.63) is 65.2 Å². The fourth-order valence-corrected chi connectivity index (χ4v) is 1.94. The lowest BCUT2D eigenvalue weighted by Gasteiger charge is -2.10. The molecule has 0 saturated heterocycles. The van der Waals surface area contributed by atoms with Crippen LogP contribution in [0.25, 0.3) is 0 Å². The van der Waals surface area contributed by atoms with Gasteiger partial charge in [-0.2, -0.15) is 0 Å². The molecule has 0 radical (unpaired) electrons. The number of methoxy groups -OCH3 is 1. The first-order valence-corrected chi connectivity index (χ1v) is 6.68. The highest BCUT2D eigenvalue weighted by atomic mass is 16.5. The summed E-state index contributed by atoms with van der Waals surface area (Å²) in [4.78, 5) is 11.5. The Morgan fingerprint density at radius 3 is 2.67 bits per heavy atom. The molecule has 110 valence electrons. The van der Waals surface area contributed by atoms with Gasteiger partial charge in [0.15, 0.2) is 0 Å². The van der Waals surface area contributed by atoms with E-state index in [4.69, 9.17) is 4.74 Å². The summed E-state index contributed by atoms with van der Waals surface area (Å²) < 4.78 is 10.4. The predicted octanol–water partition coefficient (Wildman–Crippen LogP) is 3.11. The molecule has 1 atom stereocenters. The van der Waals surface area contributed by atoms with Crippen molar-refractivity contribution in [2.24, 2.45) is 0 Å². The normalized spacial score (nSPS) is 11.8. The number of ether oxygens (including phenoxy) is 2. The maximum atomic E-state index is 11.5. The summed E-state index contributed by atoms with van der Waals surface area (Å²) in [6.07, 6.45) is -0.531. The zero-order chi connectivity index (χ0) is 15.2. The van der Waals surface area contributed by atoms with E-state index in [2.05, 4.69) is 4.74 Å². The molecular weight excluding hydrogens is 268 g/mol. The average molecular weight is 286 g/mol. The molecule has 0 bridgehead atoms. The third-order valence-corrected chi connectivity index (χ3v) is 3.09. The van der Waals surface area contributed by atoms with Crippen LogP contribution in [0.15, 0.2) is 48.5 Å². The van der Waals surface area contributed by atoms with Gasteiger partial charge in [-0.05, 0) is 42.3 Å². The first-order valence-electron chi connectivity index (χ1n) is 6.68. The Morgan fingerprint density at radius 2 is 1.95 bits per heavy atom. The fourth-order valence-electron chi connectivity index (χ4n) is 1.94. The number of hydrogen-bond acceptors (Lipinski definition) is 4. The zero-order valence-electron chi connectivity index (χ0n) is 12.1. The molecule has 2 aromatic carbocycles. The highest BCUT2D eigenvalue weighted by Gasteiger charge is 2.06. The van der Waals surface area contributed by atoms with E-state index in [1.54, 1.807) is 31.2 Å². The molecule has 1 N–H and O–H groups in total. The van der Waals surface area contributed by atoms with Gasteiger partial charge in [0, 0.05) is 0 Å². The Balaban J connectivity index is 2.06. The van der Waals surface area contributed by atoms with Gasteiger partial charge in [0.1, 0.15) is 12.4 Å². The summed E-state index contributed by atoms with van der Waals surface area (Å²) >= 11 is 0. The molecule has 1 unspecified atom stereocenters. The molecule has 0 aliphatic rings. The second-order valence-electron chi connectivity index (χ2n) is 4.73. The molecule has 2 rings (SSSR count). The number of esters is 1. The van der Waals surface area contributed by atoms with Crippen LogP contribution in [0, 0.1) is 0 Å². The van der Waals surface area contributed by atoms with Gasteiger partial charge >= 0.3 is 5.97 Å². The standard InChI is InChI=1S/C17H18O4/c1-12(18)14-6-4-8-16(10-14)21-11-13-5-3-7-15(9-13)17(19)20-2/h3-10,12,18H,11H2,1-2H3. The first kappa shape index (κ1) is 15.1. The molecule has 0 spiro atoms. The summed E-state index contributed by atoms with van der Waals surface area (Å²) in [6, 6.07) is 14.4. The van der Waals surface area contributed by atoms with Crippen LogP contribution in [0.2, 0.25) is 0 Å². The molecule has 0 aromatic heterocycles.